The molecule has 0 aliphatic heterocycles. The van der Waals surface area contributed by atoms with Gasteiger partial charge in [-0.2, -0.15) is 13.2 Å². The van der Waals surface area contributed by atoms with Crippen molar-refractivity contribution in [3.63, 3.8) is 0 Å². The molecule has 0 bridgehead atoms. The highest BCUT2D eigenvalue weighted by Gasteiger charge is 2.33. The number of benzene rings is 1. The van der Waals surface area contributed by atoms with Gasteiger partial charge in [0.2, 0.25) is 0 Å². The lowest BCUT2D eigenvalue weighted by Gasteiger charge is -2.13. The molecule has 0 saturated carbocycles. The van der Waals surface area contributed by atoms with E-state index < -0.39 is 17.6 Å². The van der Waals surface area contributed by atoms with Crippen molar-refractivity contribution >= 4 is 15.9 Å². The van der Waals surface area contributed by atoms with Crippen molar-refractivity contribution in [1.29, 1.82) is 0 Å². The zero-order valence-corrected chi connectivity index (χ0v) is 9.49. The number of halogens is 5. The molecule has 0 saturated heterocycles. The third-order valence-electron chi connectivity index (χ3n) is 1.88. The van der Waals surface area contributed by atoms with Crippen LogP contribution in [0.15, 0.2) is 18.2 Å². The summed E-state index contributed by atoms with van der Waals surface area (Å²) in [4.78, 5) is -0.0796. The fourth-order valence-corrected chi connectivity index (χ4v) is 1.64. The SMILES string of the molecule is CC(Br)Cc1ccc(F)cc1C(F)(F)F. The second-order valence-electron chi connectivity index (χ2n) is 3.28. The highest BCUT2D eigenvalue weighted by Crippen LogP contribution is 2.33. The van der Waals surface area contributed by atoms with Gasteiger partial charge in [-0.05, 0) is 24.1 Å². The van der Waals surface area contributed by atoms with E-state index in [1.54, 1.807) is 6.92 Å². The summed E-state index contributed by atoms with van der Waals surface area (Å²) in [5.41, 5.74) is -0.790. The Kier molecular flexibility index (Phi) is 3.76. The van der Waals surface area contributed by atoms with E-state index in [4.69, 9.17) is 0 Å². The van der Waals surface area contributed by atoms with E-state index >= 15 is 0 Å². The maximum absolute atomic E-state index is 12.7. The second kappa shape index (κ2) is 4.51. The summed E-state index contributed by atoms with van der Waals surface area (Å²) in [5, 5.41) is 0. The van der Waals surface area contributed by atoms with Crippen molar-refractivity contribution in [2.45, 2.75) is 24.3 Å². The van der Waals surface area contributed by atoms with Gasteiger partial charge in [-0.15, -0.1) is 0 Å². The van der Waals surface area contributed by atoms with E-state index in [1.165, 1.54) is 6.07 Å². The van der Waals surface area contributed by atoms with Gasteiger partial charge in [-0.1, -0.05) is 28.9 Å². The summed E-state index contributed by atoms with van der Waals surface area (Å²) in [6.45, 7) is 1.74. The van der Waals surface area contributed by atoms with Crippen LogP contribution in [0.4, 0.5) is 17.6 Å². The molecule has 0 amide bonds. The van der Waals surface area contributed by atoms with E-state index in [0.29, 0.717) is 6.07 Å². The van der Waals surface area contributed by atoms with Gasteiger partial charge in [-0.3, -0.25) is 0 Å². The third kappa shape index (κ3) is 3.48. The molecule has 0 radical (unpaired) electrons. The summed E-state index contributed by atoms with van der Waals surface area (Å²) in [5.74, 6) is -0.867. The molecule has 15 heavy (non-hydrogen) atoms. The number of alkyl halides is 4. The van der Waals surface area contributed by atoms with Crippen LogP contribution in [0.5, 0.6) is 0 Å². The first-order valence-corrected chi connectivity index (χ1v) is 5.22. The van der Waals surface area contributed by atoms with E-state index in [0.717, 1.165) is 6.07 Å². The summed E-state index contributed by atoms with van der Waals surface area (Å²) in [7, 11) is 0. The Morgan fingerprint density at radius 2 is 1.93 bits per heavy atom. The maximum atomic E-state index is 12.7. The molecule has 0 N–H and O–H groups in total. The molecule has 1 rings (SSSR count). The van der Waals surface area contributed by atoms with Crippen molar-refractivity contribution < 1.29 is 17.6 Å². The highest BCUT2D eigenvalue weighted by molar-refractivity contribution is 9.09. The number of hydrogen-bond donors (Lipinski definition) is 0. The lowest BCUT2D eigenvalue weighted by atomic mass is 10.0. The first-order valence-electron chi connectivity index (χ1n) is 4.30. The van der Waals surface area contributed by atoms with Gasteiger partial charge >= 0.3 is 6.18 Å². The molecule has 0 heterocycles. The van der Waals surface area contributed by atoms with Crippen molar-refractivity contribution in [3.05, 3.63) is 35.1 Å². The normalized spacial score (nSPS) is 14.0. The predicted octanol–water partition coefficient (Wildman–Crippen LogP) is 4.17. The topological polar surface area (TPSA) is 0 Å². The zero-order valence-electron chi connectivity index (χ0n) is 7.91. The van der Waals surface area contributed by atoms with E-state index in [1.807, 2.05) is 0 Å². The largest absolute Gasteiger partial charge is 0.416 e. The lowest BCUT2D eigenvalue weighted by Crippen LogP contribution is -2.11. The summed E-state index contributed by atoms with van der Waals surface area (Å²) >= 11 is 3.17. The minimum Gasteiger partial charge on any atom is -0.207 e. The molecular formula is C10H9BrF4. The summed E-state index contributed by atoms with van der Waals surface area (Å²) in [6, 6.07) is 2.75. The Morgan fingerprint density at radius 1 is 1.33 bits per heavy atom. The van der Waals surface area contributed by atoms with Crippen LogP contribution < -0.4 is 0 Å². The fraction of sp³-hybridized carbons (Fsp3) is 0.400. The van der Waals surface area contributed by atoms with Crippen LogP contribution in [-0.4, -0.2) is 4.83 Å². The van der Waals surface area contributed by atoms with Gasteiger partial charge < -0.3 is 0 Å². The van der Waals surface area contributed by atoms with Gasteiger partial charge in [0.15, 0.2) is 0 Å². The van der Waals surface area contributed by atoms with Crippen molar-refractivity contribution in [2.75, 3.05) is 0 Å². The molecule has 84 valence electrons. The molecule has 0 aliphatic rings. The summed E-state index contributed by atoms with van der Waals surface area (Å²) < 4.78 is 50.2. The van der Waals surface area contributed by atoms with Gasteiger partial charge in [0, 0.05) is 4.83 Å². The molecule has 0 spiro atoms. The molecule has 0 nitrogen and oxygen atoms in total. The molecular weight excluding hydrogens is 276 g/mol. The van der Waals surface area contributed by atoms with Crippen molar-refractivity contribution in [3.8, 4) is 0 Å². The minimum absolute atomic E-state index is 0.0796. The van der Waals surface area contributed by atoms with Gasteiger partial charge in [0.05, 0.1) is 5.56 Å². The molecule has 1 aromatic carbocycles. The molecule has 1 unspecified atom stereocenters. The standard InChI is InChI=1S/C10H9BrF4/c1-6(11)4-7-2-3-8(12)5-9(7)10(13,14)15/h2-3,5-6H,4H2,1H3. The monoisotopic (exact) mass is 284 g/mol. The second-order valence-corrected chi connectivity index (χ2v) is 4.85. The van der Waals surface area contributed by atoms with Crippen LogP contribution >= 0.6 is 15.9 Å². The Balaban J connectivity index is 3.15. The Morgan fingerprint density at radius 3 is 2.40 bits per heavy atom. The van der Waals surface area contributed by atoms with Gasteiger partial charge in [-0.25, -0.2) is 4.39 Å². The van der Waals surface area contributed by atoms with E-state index in [9.17, 15) is 17.6 Å². The van der Waals surface area contributed by atoms with Crippen LogP contribution in [-0.2, 0) is 12.6 Å². The average Bonchev–Trinajstić information content (AvgIpc) is 2.05. The molecule has 0 aromatic heterocycles. The predicted molar refractivity (Wildman–Crippen MR) is 53.5 cm³/mol. The van der Waals surface area contributed by atoms with Gasteiger partial charge in [0.1, 0.15) is 5.82 Å². The fourth-order valence-electron chi connectivity index (χ4n) is 1.29. The van der Waals surface area contributed by atoms with Crippen LogP contribution in [0.3, 0.4) is 0 Å². The van der Waals surface area contributed by atoms with Crippen LogP contribution in [0, 0.1) is 5.82 Å². The highest BCUT2D eigenvalue weighted by atomic mass is 79.9. The minimum atomic E-state index is -4.50. The molecule has 1 atom stereocenters. The average molecular weight is 285 g/mol. The molecule has 1 aromatic rings. The van der Waals surface area contributed by atoms with Crippen LogP contribution in [0.1, 0.15) is 18.1 Å². The number of rotatable bonds is 2. The molecule has 5 heteroatoms. The lowest BCUT2D eigenvalue weighted by molar-refractivity contribution is -0.138. The Bertz CT molecular complexity index is 344. The third-order valence-corrected chi connectivity index (χ3v) is 2.20. The van der Waals surface area contributed by atoms with Crippen LogP contribution in [0.2, 0.25) is 0 Å². The zero-order chi connectivity index (χ0) is 11.6. The Hall–Kier alpha value is -0.580. The quantitative estimate of drug-likeness (QED) is 0.565. The van der Waals surface area contributed by atoms with E-state index in [2.05, 4.69) is 15.9 Å². The van der Waals surface area contributed by atoms with Gasteiger partial charge in [0.25, 0.3) is 0 Å². The van der Waals surface area contributed by atoms with Crippen molar-refractivity contribution in [2.24, 2.45) is 0 Å². The maximum Gasteiger partial charge on any atom is 0.416 e. The summed E-state index contributed by atoms with van der Waals surface area (Å²) in [6.07, 6.45) is -4.28. The van der Waals surface area contributed by atoms with Crippen molar-refractivity contribution in [1.82, 2.24) is 0 Å². The number of hydrogen-bond acceptors (Lipinski definition) is 0. The molecule has 0 aliphatic carbocycles. The van der Waals surface area contributed by atoms with Crippen LogP contribution in [0.25, 0.3) is 0 Å². The molecule has 0 fully saturated rings. The first kappa shape index (κ1) is 12.5. The first-order chi connectivity index (χ1) is 6.80. The van der Waals surface area contributed by atoms with E-state index in [-0.39, 0.29) is 16.8 Å². The Labute approximate surface area is 93.4 Å². The smallest absolute Gasteiger partial charge is 0.207 e.